The second kappa shape index (κ2) is 4.61. The van der Waals surface area contributed by atoms with E-state index in [1.54, 1.807) is 6.20 Å². The first-order valence-corrected chi connectivity index (χ1v) is 7.37. The van der Waals surface area contributed by atoms with E-state index in [4.69, 9.17) is 10.3 Å². The summed E-state index contributed by atoms with van der Waals surface area (Å²) in [4.78, 5) is 4.39. The van der Waals surface area contributed by atoms with Crippen LogP contribution < -0.4 is 5.73 Å². The molecule has 1 aliphatic heterocycles. The standard InChI is InChI=1S/C9H11N5OS2/c10-7-5(3-11-13-7)9-12-8(14-15-9)6-4-16-1-2-17-6/h3,6H,1-2,4H2,(H3,10,11,13). The number of aromatic nitrogens is 4. The van der Waals surface area contributed by atoms with Crippen LogP contribution in [-0.2, 0) is 0 Å². The molecule has 0 amide bonds. The minimum Gasteiger partial charge on any atom is -0.383 e. The number of anilines is 1. The summed E-state index contributed by atoms with van der Waals surface area (Å²) in [6.45, 7) is 0. The number of nitrogens with two attached hydrogens (primary N) is 1. The molecule has 8 heteroatoms. The van der Waals surface area contributed by atoms with Crippen molar-refractivity contribution in [3.05, 3.63) is 12.0 Å². The number of hydrogen-bond donors (Lipinski definition) is 2. The molecule has 1 saturated heterocycles. The fourth-order valence-electron chi connectivity index (χ4n) is 1.58. The van der Waals surface area contributed by atoms with Crippen molar-refractivity contribution in [3.63, 3.8) is 0 Å². The third-order valence-corrected chi connectivity index (χ3v) is 5.20. The molecule has 3 N–H and O–H groups in total. The first-order chi connectivity index (χ1) is 8.34. The topological polar surface area (TPSA) is 93.6 Å². The van der Waals surface area contributed by atoms with E-state index in [9.17, 15) is 0 Å². The number of nitrogens with zero attached hydrogens (tertiary/aromatic N) is 3. The summed E-state index contributed by atoms with van der Waals surface area (Å²) >= 11 is 3.79. The highest BCUT2D eigenvalue weighted by molar-refractivity contribution is 8.06. The highest BCUT2D eigenvalue weighted by atomic mass is 32.2. The lowest BCUT2D eigenvalue weighted by Gasteiger charge is -2.16. The first-order valence-electron chi connectivity index (χ1n) is 5.17. The van der Waals surface area contributed by atoms with Crippen molar-refractivity contribution in [2.75, 3.05) is 23.0 Å². The summed E-state index contributed by atoms with van der Waals surface area (Å²) in [6.07, 6.45) is 1.59. The molecule has 1 aliphatic rings. The predicted octanol–water partition coefficient (Wildman–Crippen LogP) is 1.56. The summed E-state index contributed by atoms with van der Waals surface area (Å²) in [5.41, 5.74) is 6.37. The quantitative estimate of drug-likeness (QED) is 0.854. The fourth-order valence-corrected chi connectivity index (χ4v) is 4.17. The maximum Gasteiger partial charge on any atom is 0.263 e. The molecular formula is C9H11N5OS2. The summed E-state index contributed by atoms with van der Waals surface area (Å²) in [5.74, 6) is 4.99. The molecule has 90 valence electrons. The SMILES string of the molecule is Nc1[nH]ncc1-c1nc(C2CSCCS2)no1. The number of nitrogen functional groups attached to an aromatic ring is 1. The third kappa shape index (κ3) is 2.14. The smallest absolute Gasteiger partial charge is 0.263 e. The van der Waals surface area contributed by atoms with Crippen LogP contribution in [0.3, 0.4) is 0 Å². The number of rotatable bonds is 2. The monoisotopic (exact) mass is 269 g/mol. The Kier molecular flexibility index (Phi) is 2.98. The van der Waals surface area contributed by atoms with Crippen LogP contribution in [0.5, 0.6) is 0 Å². The second-order valence-electron chi connectivity index (χ2n) is 3.59. The lowest BCUT2D eigenvalue weighted by Crippen LogP contribution is -2.07. The van der Waals surface area contributed by atoms with Gasteiger partial charge in [0.25, 0.3) is 5.89 Å². The van der Waals surface area contributed by atoms with Gasteiger partial charge in [-0.1, -0.05) is 5.16 Å². The normalized spacial score (nSPS) is 20.6. The molecule has 0 radical (unpaired) electrons. The van der Waals surface area contributed by atoms with Crippen LogP contribution in [0.15, 0.2) is 10.7 Å². The Morgan fingerprint density at radius 3 is 3.12 bits per heavy atom. The number of aromatic amines is 1. The van der Waals surface area contributed by atoms with Gasteiger partial charge in [-0.2, -0.15) is 21.8 Å². The Hall–Kier alpha value is -1.15. The van der Waals surface area contributed by atoms with Crippen LogP contribution in [0.2, 0.25) is 0 Å². The molecule has 0 aliphatic carbocycles. The Bertz CT molecular complexity index is 505. The molecule has 2 aromatic rings. The number of nitrogens with one attached hydrogen (secondary N) is 1. The van der Waals surface area contributed by atoms with Crippen LogP contribution in [-0.4, -0.2) is 37.6 Å². The minimum atomic E-state index is 0.319. The van der Waals surface area contributed by atoms with Gasteiger partial charge < -0.3 is 10.3 Å². The molecule has 1 fully saturated rings. The predicted molar refractivity (Wildman–Crippen MR) is 68.8 cm³/mol. The molecule has 0 saturated carbocycles. The van der Waals surface area contributed by atoms with Crippen LogP contribution in [0, 0.1) is 0 Å². The Balaban J connectivity index is 1.85. The highest BCUT2D eigenvalue weighted by Crippen LogP contribution is 2.36. The largest absolute Gasteiger partial charge is 0.383 e. The summed E-state index contributed by atoms with van der Waals surface area (Å²) < 4.78 is 5.22. The van der Waals surface area contributed by atoms with Crippen LogP contribution in [0.1, 0.15) is 11.1 Å². The molecule has 1 unspecified atom stereocenters. The van der Waals surface area contributed by atoms with Crippen LogP contribution in [0.4, 0.5) is 5.82 Å². The zero-order chi connectivity index (χ0) is 11.7. The zero-order valence-corrected chi connectivity index (χ0v) is 10.6. The van der Waals surface area contributed by atoms with Gasteiger partial charge in [0.15, 0.2) is 5.82 Å². The summed E-state index contributed by atoms with van der Waals surface area (Å²) in [6, 6.07) is 0. The maximum atomic E-state index is 5.71. The van der Waals surface area contributed by atoms with Gasteiger partial charge in [0.2, 0.25) is 0 Å². The molecule has 2 aromatic heterocycles. The summed E-state index contributed by atoms with van der Waals surface area (Å²) in [5, 5.41) is 10.8. The van der Waals surface area contributed by atoms with E-state index in [0.29, 0.717) is 22.5 Å². The molecule has 0 aromatic carbocycles. The van der Waals surface area contributed by atoms with Crippen molar-refractivity contribution >= 4 is 29.3 Å². The van der Waals surface area contributed by atoms with E-state index in [-0.39, 0.29) is 0 Å². The molecule has 0 bridgehead atoms. The van der Waals surface area contributed by atoms with Gasteiger partial charge in [0, 0.05) is 17.3 Å². The number of hydrogen-bond acceptors (Lipinski definition) is 7. The maximum absolute atomic E-state index is 5.71. The lowest BCUT2D eigenvalue weighted by atomic mass is 10.3. The van der Waals surface area contributed by atoms with Gasteiger partial charge in [-0.3, -0.25) is 5.10 Å². The van der Waals surface area contributed by atoms with Crippen molar-refractivity contribution in [2.45, 2.75) is 5.25 Å². The zero-order valence-electron chi connectivity index (χ0n) is 8.92. The van der Waals surface area contributed by atoms with E-state index >= 15 is 0 Å². The van der Waals surface area contributed by atoms with Crippen LogP contribution in [0.25, 0.3) is 11.5 Å². The molecule has 17 heavy (non-hydrogen) atoms. The molecule has 3 rings (SSSR count). The molecular weight excluding hydrogens is 258 g/mol. The minimum absolute atomic E-state index is 0.319. The molecule has 6 nitrogen and oxygen atoms in total. The van der Waals surface area contributed by atoms with Crippen molar-refractivity contribution in [1.29, 1.82) is 0 Å². The van der Waals surface area contributed by atoms with Crippen molar-refractivity contribution in [3.8, 4) is 11.5 Å². The van der Waals surface area contributed by atoms with E-state index in [1.165, 1.54) is 5.75 Å². The van der Waals surface area contributed by atoms with Crippen LogP contribution >= 0.6 is 23.5 Å². The fraction of sp³-hybridized carbons (Fsp3) is 0.444. The highest BCUT2D eigenvalue weighted by Gasteiger charge is 2.23. The lowest BCUT2D eigenvalue weighted by molar-refractivity contribution is 0.423. The molecule has 0 spiro atoms. The van der Waals surface area contributed by atoms with Gasteiger partial charge in [-0.05, 0) is 0 Å². The Morgan fingerprint density at radius 2 is 2.41 bits per heavy atom. The van der Waals surface area contributed by atoms with Gasteiger partial charge in [-0.25, -0.2) is 0 Å². The van der Waals surface area contributed by atoms with Crippen molar-refractivity contribution in [2.24, 2.45) is 0 Å². The van der Waals surface area contributed by atoms with Gasteiger partial charge in [0.1, 0.15) is 11.4 Å². The van der Waals surface area contributed by atoms with Crippen molar-refractivity contribution < 1.29 is 4.52 Å². The van der Waals surface area contributed by atoms with Gasteiger partial charge in [-0.15, -0.1) is 11.8 Å². The number of thioether (sulfide) groups is 2. The average molecular weight is 269 g/mol. The van der Waals surface area contributed by atoms with E-state index in [1.807, 2.05) is 23.5 Å². The third-order valence-electron chi connectivity index (χ3n) is 2.44. The van der Waals surface area contributed by atoms with E-state index < -0.39 is 0 Å². The van der Waals surface area contributed by atoms with E-state index in [2.05, 4.69) is 20.3 Å². The number of H-pyrrole nitrogens is 1. The summed E-state index contributed by atoms with van der Waals surface area (Å²) in [7, 11) is 0. The molecule has 1 atom stereocenters. The Morgan fingerprint density at radius 1 is 1.47 bits per heavy atom. The van der Waals surface area contributed by atoms with Gasteiger partial charge in [0.05, 0.1) is 11.4 Å². The van der Waals surface area contributed by atoms with Gasteiger partial charge >= 0.3 is 0 Å². The Labute approximate surface area is 106 Å². The second-order valence-corrected chi connectivity index (χ2v) is 6.05. The van der Waals surface area contributed by atoms with E-state index in [0.717, 1.165) is 17.3 Å². The molecule has 3 heterocycles. The first kappa shape index (κ1) is 11.0. The van der Waals surface area contributed by atoms with Crippen molar-refractivity contribution in [1.82, 2.24) is 20.3 Å². The average Bonchev–Trinajstić information content (AvgIpc) is 2.98.